The molecule has 0 radical (unpaired) electrons. The Kier molecular flexibility index (Phi) is 1.17. The summed E-state index contributed by atoms with van der Waals surface area (Å²) in [5.41, 5.74) is 1.08. The fraction of sp³-hybridized carbons (Fsp3) is 0.500. The second-order valence-electron chi connectivity index (χ2n) is 2.38. The Bertz CT molecular complexity index is 198. The molecule has 54 valence electrons. The monoisotopic (exact) mass is 157 g/mol. The maximum Gasteiger partial charge on any atom is 0.416 e. The molecule has 1 amide bonds. The molecular formula is C6H7NO2S. The van der Waals surface area contributed by atoms with Gasteiger partial charge < -0.3 is 4.74 Å². The number of fused-ring (bicyclic) bond motifs is 1. The fourth-order valence-corrected chi connectivity index (χ4v) is 1.95. The molecule has 4 heteroatoms. The van der Waals surface area contributed by atoms with E-state index in [-0.39, 0.29) is 11.7 Å². The molecule has 0 spiro atoms. The van der Waals surface area contributed by atoms with Crippen molar-refractivity contribution in [1.29, 1.82) is 0 Å². The van der Waals surface area contributed by atoms with Crippen molar-refractivity contribution < 1.29 is 9.53 Å². The summed E-state index contributed by atoms with van der Waals surface area (Å²) in [7, 11) is 0. The third kappa shape index (κ3) is 0.718. The highest BCUT2D eigenvalue weighted by molar-refractivity contribution is 8.00. The lowest BCUT2D eigenvalue weighted by Crippen LogP contribution is -2.55. The zero-order chi connectivity index (χ0) is 7.14. The van der Waals surface area contributed by atoms with Gasteiger partial charge in [-0.3, -0.25) is 4.90 Å². The van der Waals surface area contributed by atoms with Gasteiger partial charge in [0.25, 0.3) is 0 Å². The molecule has 0 unspecified atom stereocenters. The minimum absolute atomic E-state index is 0.0157. The van der Waals surface area contributed by atoms with Crippen LogP contribution < -0.4 is 0 Å². The van der Waals surface area contributed by atoms with Crippen molar-refractivity contribution in [2.75, 3.05) is 12.3 Å². The summed E-state index contributed by atoms with van der Waals surface area (Å²) < 4.78 is 4.80. The number of amides is 1. The topological polar surface area (TPSA) is 29.5 Å². The van der Waals surface area contributed by atoms with Crippen molar-refractivity contribution in [2.45, 2.75) is 5.56 Å². The summed E-state index contributed by atoms with van der Waals surface area (Å²) in [6.45, 7) is 4.47. The Hall–Kier alpha value is -0.640. The van der Waals surface area contributed by atoms with Crippen LogP contribution in [0.1, 0.15) is 0 Å². The SMILES string of the molecule is C=C1CS[C@H]2OC(=O)N2C1. The standard InChI is InChI=1S/C6H7NO2S/c1-4-2-7-5(8)9-6(7)10-3-4/h6H,1-3H2/t6-/m1/s1. The Morgan fingerprint density at radius 2 is 2.60 bits per heavy atom. The normalized spacial score (nSPS) is 30.8. The van der Waals surface area contributed by atoms with E-state index in [1.807, 2.05) is 0 Å². The lowest BCUT2D eigenvalue weighted by atomic mass is 10.3. The van der Waals surface area contributed by atoms with Crippen molar-refractivity contribution in [1.82, 2.24) is 4.90 Å². The molecule has 0 N–H and O–H groups in total. The third-order valence-electron chi connectivity index (χ3n) is 1.51. The van der Waals surface area contributed by atoms with Gasteiger partial charge in [0, 0.05) is 12.3 Å². The van der Waals surface area contributed by atoms with Gasteiger partial charge in [-0.15, -0.1) is 0 Å². The van der Waals surface area contributed by atoms with Gasteiger partial charge in [-0.2, -0.15) is 0 Å². The van der Waals surface area contributed by atoms with Crippen molar-refractivity contribution >= 4 is 17.9 Å². The number of nitrogens with zero attached hydrogens (tertiary/aromatic N) is 1. The molecule has 0 aromatic rings. The molecular weight excluding hydrogens is 150 g/mol. The predicted octanol–water partition coefficient (Wildman–Crippen LogP) is 1.03. The van der Waals surface area contributed by atoms with E-state index >= 15 is 0 Å². The van der Waals surface area contributed by atoms with Crippen molar-refractivity contribution in [3.8, 4) is 0 Å². The quantitative estimate of drug-likeness (QED) is 0.492. The van der Waals surface area contributed by atoms with Crippen LogP contribution in [0.5, 0.6) is 0 Å². The lowest BCUT2D eigenvalue weighted by Gasteiger charge is -2.42. The van der Waals surface area contributed by atoms with Crippen LogP contribution >= 0.6 is 11.8 Å². The van der Waals surface area contributed by atoms with E-state index < -0.39 is 0 Å². The highest BCUT2D eigenvalue weighted by atomic mass is 32.2. The largest absolute Gasteiger partial charge is 0.416 e. The Morgan fingerprint density at radius 1 is 1.80 bits per heavy atom. The van der Waals surface area contributed by atoms with Crippen molar-refractivity contribution in [2.24, 2.45) is 0 Å². The van der Waals surface area contributed by atoms with E-state index in [9.17, 15) is 4.79 Å². The average Bonchev–Trinajstić information content (AvgIpc) is 1.92. The van der Waals surface area contributed by atoms with E-state index in [0.717, 1.165) is 11.3 Å². The van der Waals surface area contributed by atoms with Gasteiger partial charge in [-0.25, -0.2) is 4.79 Å². The first-order chi connectivity index (χ1) is 4.77. The van der Waals surface area contributed by atoms with Gasteiger partial charge in [-0.1, -0.05) is 18.3 Å². The first-order valence-electron chi connectivity index (χ1n) is 3.03. The maximum absolute atomic E-state index is 10.7. The Balaban J connectivity index is 2.07. The highest BCUT2D eigenvalue weighted by Crippen LogP contribution is 2.33. The van der Waals surface area contributed by atoms with Crippen molar-refractivity contribution in [3.05, 3.63) is 12.2 Å². The lowest BCUT2D eigenvalue weighted by molar-refractivity contribution is -0.0406. The highest BCUT2D eigenvalue weighted by Gasteiger charge is 2.41. The molecule has 2 saturated heterocycles. The second kappa shape index (κ2) is 1.92. The minimum atomic E-state index is -0.210. The summed E-state index contributed by atoms with van der Waals surface area (Å²) in [4.78, 5) is 12.3. The molecule has 2 aliphatic heterocycles. The number of carbonyl (C=O) groups is 1. The van der Waals surface area contributed by atoms with Crippen LogP contribution in [0.2, 0.25) is 0 Å². The van der Waals surface area contributed by atoms with Crippen LogP contribution in [0.3, 0.4) is 0 Å². The van der Waals surface area contributed by atoms with Gasteiger partial charge in [0.05, 0.1) is 0 Å². The third-order valence-corrected chi connectivity index (χ3v) is 2.73. The van der Waals surface area contributed by atoms with Gasteiger partial charge >= 0.3 is 6.09 Å². The molecule has 2 aliphatic rings. The van der Waals surface area contributed by atoms with Crippen LogP contribution in [0.25, 0.3) is 0 Å². The van der Waals surface area contributed by atoms with E-state index in [1.54, 1.807) is 16.7 Å². The van der Waals surface area contributed by atoms with Crippen LogP contribution in [-0.4, -0.2) is 28.9 Å². The molecule has 1 atom stereocenters. The van der Waals surface area contributed by atoms with Gasteiger partial charge in [0.2, 0.25) is 5.56 Å². The Labute approximate surface area is 63.0 Å². The van der Waals surface area contributed by atoms with E-state index in [1.165, 1.54) is 0 Å². The van der Waals surface area contributed by atoms with Gasteiger partial charge in [0.1, 0.15) is 0 Å². The smallest absolute Gasteiger partial charge is 0.415 e. The van der Waals surface area contributed by atoms with Crippen LogP contribution in [0.15, 0.2) is 12.2 Å². The number of thioether (sulfide) groups is 1. The summed E-state index contributed by atoms with van der Waals surface area (Å²) in [5, 5.41) is 0. The number of carbonyl (C=O) groups excluding carboxylic acids is 1. The molecule has 3 nitrogen and oxygen atoms in total. The van der Waals surface area contributed by atoms with Crippen LogP contribution in [0, 0.1) is 0 Å². The number of hydrogen-bond donors (Lipinski definition) is 0. The molecule has 0 aliphatic carbocycles. The molecule has 0 aromatic heterocycles. The number of ether oxygens (including phenoxy) is 1. The maximum atomic E-state index is 10.7. The Morgan fingerprint density at radius 3 is 3.20 bits per heavy atom. The molecule has 0 bridgehead atoms. The van der Waals surface area contributed by atoms with E-state index in [4.69, 9.17) is 4.74 Å². The summed E-state index contributed by atoms with van der Waals surface area (Å²) in [5.74, 6) is 0.911. The number of rotatable bonds is 0. The van der Waals surface area contributed by atoms with Crippen LogP contribution in [-0.2, 0) is 4.74 Å². The molecule has 2 rings (SSSR count). The van der Waals surface area contributed by atoms with Gasteiger partial charge in [0.15, 0.2) is 0 Å². The van der Waals surface area contributed by atoms with E-state index in [0.29, 0.717) is 6.54 Å². The van der Waals surface area contributed by atoms with Crippen molar-refractivity contribution in [3.63, 3.8) is 0 Å². The van der Waals surface area contributed by atoms with Gasteiger partial charge in [-0.05, 0) is 5.57 Å². The molecule has 10 heavy (non-hydrogen) atoms. The average molecular weight is 157 g/mol. The molecule has 0 saturated carbocycles. The molecule has 2 heterocycles. The second-order valence-corrected chi connectivity index (χ2v) is 3.40. The predicted molar refractivity (Wildman–Crippen MR) is 38.6 cm³/mol. The van der Waals surface area contributed by atoms with Crippen LogP contribution in [0.4, 0.5) is 4.79 Å². The first-order valence-corrected chi connectivity index (χ1v) is 4.08. The first kappa shape index (κ1) is 6.09. The summed E-state index contributed by atoms with van der Waals surface area (Å²) in [6, 6.07) is 0. The fourth-order valence-electron chi connectivity index (χ4n) is 0.993. The molecule has 0 aromatic carbocycles. The minimum Gasteiger partial charge on any atom is -0.415 e. The summed E-state index contributed by atoms with van der Waals surface area (Å²) in [6.07, 6.45) is -0.210. The zero-order valence-electron chi connectivity index (χ0n) is 5.37. The summed E-state index contributed by atoms with van der Waals surface area (Å²) >= 11 is 1.61. The molecule has 2 fully saturated rings. The van der Waals surface area contributed by atoms with E-state index in [2.05, 4.69) is 6.58 Å². The zero-order valence-corrected chi connectivity index (χ0v) is 6.19. The number of hydrogen-bond acceptors (Lipinski definition) is 3.